The lowest BCUT2D eigenvalue weighted by atomic mass is 10.1. The second-order valence-electron chi connectivity index (χ2n) is 3.91. The number of carbonyl (C=O) groups is 1. The van der Waals surface area contributed by atoms with Crippen molar-refractivity contribution >= 4 is 56.6 Å². The van der Waals surface area contributed by atoms with E-state index >= 15 is 0 Å². The van der Waals surface area contributed by atoms with Gasteiger partial charge in [-0.25, -0.2) is 0 Å². The SMILES string of the molecule is CC(CCl)(CCl)NC(=O)c1ccc(Br)c(Cl)c1. The van der Waals surface area contributed by atoms with Crippen LogP contribution < -0.4 is 5.32 Å². The fourth-order valence-corrected chi connectivity index (χ4v) is 1.93. The lowest BCUT2D eigenvalue weighted by Gasteiger charge is -2.25. The summed E-state index contributed by atoms with van der Waals surface area (Å²) in [4.78, 5) is 11.9. The summed E-state index contributed by atoms with van der Waals surface area (Å²) in [5, 5.41) is 3.26. The first-order valence-electron chi connectivity index (χ1n) is 4.81. The number of hydrogen-bond donors (Lipinski definition) is 1. The number of halogens is 4. The smallest absolute Gasteiger partial charge is 0.251 e. The molecule has 0 bridgehead atoms. The molecule has 1 aromatic rings. The Hall–Kier alpha value is 0.0400. The molecule has 94 valence electrons. The van der Waals surface area contributed by atoms with Crippen LogP contribution in [0.3, 0.4) is 0 Å². The van der Waals surface area contributed by atoms with Crippen molar-refractivity contribution < 1.29 is 4.79 Å². The second kappa shape index (κ2) is 6.28. The molecule has 2 nitrogen and oxygen atoms in total. The highest BCUT2D eigenvalue weighted by atomic mass is 79.9. The highest BCUT2D eigenvalue weighted by molar-refractivity contribution is 9.10. The van der Waals surface area contributed by atoms with E-state index in [1.54, 1.807) is 25.1 Å². The molecule has 0 radical (unpaired) electrons. The van der Waals surface area contributed by atoms with Crippen molar-refractivity contribution in [3.05, 3.63) is 33.3 Å². The number of alkyl halides is 2. The molecule has 0 spiro atoms. The van der Waals surface area contributed by atoms with Crippen LogP contribution >= 0.6 is 50.7 Å². The van der Waals surface area contributed by atoms with Gasteiger partial charge in [-0.15, -0.1) is 23.2 Å². The molecule has 0 saturated heterocycles. The zero-order valence-electron chi connectivity index (χ0n) is 9.07. The summed E-state index contributed by atoms with van der Waals surface area (Å²) in [7, 11) is 0. The van der Waals surface area contributed by atoms with Crippen molar-refractivity contribution in [2.45, 2.75) is 12.5 Å². The predicted octanol–water partition coefficient (Wildman–Crippen LogP) is 4.07. The average Bonchev–Trinajstić information content (AvgIpc) is 2.32. The Morgan fingerprint density at radius 1 is 1.41 bits per heavy atom. The fraction of sp³-hybridized carbons (Fsp3) is 0.364. The molecule has 1 aromatic carbocycles. The summed E-state index contributed by atoms with van der Waals surface area (Å²) in [6.07, 6.45) is 0. The van der Waals surface area contributed by atoms with Crippen molar-refractivity contribution in [1.29, 1.82) is 0 Å². The Labute approximate surface area is 124 Å². The number of carbonyl (C=O) groups excluding carboxylic acids is 1. The number of benzene rings is 1. The maximum atomic E-state index is 11.9. The molecule has 0 fully saturated rings. The van der Waals surface area contributed by atoms with Crippen LogP contribution in [0.15, 0.2) is 22.7 Å². The van der Waals surface area contributed by atoms with Crippen LogP contribution in [0.5, 0.6) is 0 Å². The first-order chi connectivity index (χ1) is 7.91. The summed E-state index contributed by atoms with van der Waals surface area (Å²) in [5.74, 6) is 0.238. The minimum atomic E-state index is -0.625. The van der Waals surface area contributed by atoms with Gasteiger partial charge in [0.05, 0.1) is 10.6 Å². The molecule has 0 aliphatic carbocycles. The molecule has 0 aromatic heterocycles. The molecular weight excluding hydrogens is 348 g/mol. The van der Waals surface area contributed by atoms with Crippen molar-refractivity contribution in [3.8, 4) is 0 Å². The third kappa shape index (κ3) is 4.02. The average molecular weight is 359 g/mol. The quantitative estimate of drug-likeness (QED) is 0.807. The van der Waals surface area contributed by atoms with E-state index in [-0.39, 0.29) is 17.7 Å². The number of rotatable bonds is 4. The Morgan fingerprint density at radius 3 is 2.47 bits per heavy atom. The summed E-state index contributed by atoms with van der Waals surface area (Å²) in [6.45, 7) is 1.78. The molecule has 0 heterocycles. The third-order valence-electron chi connectivity index (χ3n) is 2.19. The van der Waals surface area contributed by atoms with Crippen LogP contribution in [0.4, 0.5) is 0 Å². The standard InChI is InChI=1S/C11H11BrCl3NO/c1-11(5-13,6-14)16-10(17)7-2-3-8(12)9(15)4-7/h2-4H,5-6H2,1H3,(H,16,17). The molecule has 1 N–H and O–H groups in total. The van der Waals surface area contributed by atoms with E-state index in [9.17, 15) is 4.79 Å². The van der Waals surface area contributed by atoms with E-state index < -0.39 is 5.54 Å². The monoisotopic (exact) mass is 357 g/mol. The van der Waals surface area contributed by atoms with E-state index in [2.05, 4.69) is 21.2 Å². The fourth-order valence-electron chi connectivity index (χ4n) is 1.09. The van der Waals surface area contributed by atoms with Crippen LogP contribution in [-0.2, 0) is 0 Å². The van der Waals surface area contributed by atoms with Crippen molar-refractivity contribution in [3.63, 3.8) is 0 Å². The highest BCUT2D eigenvalue weighted by Crippen LogP contribution is 2.23. The summed E-state index contributed by atoms with van der Waals surface area (Å²) < 4.78 is 0.744. The van der Waals surface area contributed by atoms with Gasteiger partial charge in [-0.1, -0.05) is 11.6 Å². The van der Waals surface area contributed by atoms with Crippen LogP contribution in [0, 0.1) is 0 Å². The molecular formula is C11H11BrCl3NO. The molecule has 1 amide bonds. The number of nitrogens with one attached hydrogen (secondary N) is 1. The van der Waals surface area contributed by atoms with Crippen LogP contribution in [0.1, 0.15) is 17.3 Å². The maximum absolute atomic E-state index is 11.9. The molecule has 0 saturated carbocycles. The first-order valence-corrected chi connectivity index (χ1v) is 7.05. The van der Waals surface area contributed by atoms with Crippen LogP contribution in [-0.4, -0.2) is 23.2 Å². The normalized spacial score (nSPS) is 11.4. The lowest BCUT2D eigenvalue weighted by Crippen LogP contribution is -2.49. The lowest BCUT2D eigenvalue weighted by molar-refractivity contribution is 0.0921. The molecule has 0 aliphatic rings. The van der Waals surface area contributed by atoms with Gasteiger partial charge in [0.1, 0.15) is 0 Å². The van der Waals surface area contributed by atoms with Crippen molar-refractivity contribution in [2.75, 3.05) is 11.8 Å². The van der Waals surface area contributed by atoms with Gasteiger partial charge in [-0.3, -0.25) is 4.79 Å². The topological polar surface area (TPSA) is 29.1 Å². The highest BCUT2D eigenvalue weighted by Gasteiger charge is 2.25. The minimum Gasteiger partial charge on any atom is -0.344 e. The van der Waals surface area contributed by atoms with Crippen LogP contribution in [0.25, 0.3) is 0 Å². The summed E-state index contributed by atoms with van der Waals surface area (Å²) in [6, 6.07) is 4.98. The Bertz CT molecular complexity index is 421. The Kier molecular flexibility index (Phi) is 5.58. The zero-order valence-corrected chi connectivity index (χ0v) is 12.9. The Balaban J connectivity index is 2.86. The van der Waals surface area contributed by atoms with Gasteiger partial charge in [0, 0.05) is 21.8 Å². The second-order valence-corrected chi connectivity index (χ2v) is 5.71. The molecule has 6 heteroatoms. The maximum Gasteiger partial charge on any atom is 0.251 e. The van der Waals surface area contributed by atoms with Gasteiger partial charge in [0.15, 0.2) is 0 Å². The molecule has 0 aliphatic heterocycles. The van der Waals surface area contributed by atoms with Gasteiger partial charge < -0.3 is 5.32 Å². The van der Waals surface area contributed by atoms with E-state index in [4.69, 9.17) is 34.8 Å². The minimum absolute atomic E-state index is 0.243. The van der Waals surface area contributed by atoms with E-state index in [0.717, 1.165) is 4.47 Å². The first kappa shape index (κ1) is 15.1. The number of hydrogen-bond acceptors (Lipinski definition) is 1. The summed E-state index contributed by atoms with van der Waals surface area (Å²) >= 11 is 20.7. The van der Waals surface area contributed by atoms with Gasteiger partial charge in [0.2, 0.25) is 0 Å². The van der Waals surface area contributed by atoms with Gasteiger partial charge >= 0.3 is 0 Å². The molecule has 1 rings (SSSR count). The van der Waals surface area contributed by atoms with Crippen molar-refractivity contribution in [2.24, 2.45) is 0 Å². The van der Waals surface area contributed by atoms with Gasteiger partial charge in [0.25, 0.3) is 5.91 Å². The van der Waals surface area contributed by atoms with Crippen LogP contribution in [0.2, 0.25) is 5.02 Å². The van der Waals surface area contributed by atoms with Gasteiger partial charge in [-0.05, 0) is 41.1 Å². The summed E-state index contributed by atoms with van der Waals surface area (Å²) in [5.41, 5.74) is -0.153. The van der Waals surface area contributed by atoms with E-state index in [0.29, 0.717) is 10.6 Å². The van der Waals surface area contributed by atoms with Gasteiger partial charge in [-0.2, -0.15) is 0 Å². The van der Waals surface area contributed by atoms with E-state index in [1.807, 2.05) is 0 Å². The zero-order chi connectivity index (χ0) is 13.1. The molecule has 17 heavy (non-hydrogen) atoms. The predicted molar refractivity (Wildman–Crippen MR) is 76.5 cm³/mol. The third-order valence-corrected chi connectivity index (χ3v) is 4.60. The molecule has 0 unspecified atom stereocenters. The van der Waals surface area contributed by atoms with E-state index in [1.165, 1.54) is 0 Å². The largest absolute Gasteiger partial charge is 0.344 e. The molecule has 0 atom stereocenters. The number of amides is 1. The van der Waals surface area contributed by atoms with Crippen molar-refractivity contribution in [1.82, 2.24) is 5.32 Å². The Morgan fingerprint density at radius 2 is 2.00 bits per heavy atom.